The summed E-state index contributed by atoms with van der Waals surface area (Å²) in [5.74, 6) is 0.541. The van der Waals surface area contributed by atoms with Crippen LogP contribution >= 0.6 is 0 Å². The zero-order chi connectivity index (χ0) is 18.9. The minimum atomic E-state index is -0.382. The Hall–Kier alpha value is -2.89. The molecule has 1 aromatic heterocycles. The number of rotatable bonds is 3. The van der Waals surface area contributed by atoms with Crippen molar-refractivity contribution in [2.24, 2.45) is 0 Å². The number of carbonyl (C=O) groups is 2. The van der Waals surface area contributed by atoms with Crippen LogP contribution in [0.15, 0.2) is 48.7 Å². The number of nitrogens with zero attached hydrogens (tertiary/aromatic N) is 2. The van der Waals surface area contributed by atoms with Crippen molar-refractivity contribution in [3.63, 3.8) is 0 Å². The molecule has 2 saturated heterocycles. The molecule has 1 atom stereocenters. The average Bonchev–Trinajstić information content (AvgIpc) is 3.04. The van der Waals surface area contributed by atoms with E-state index >= 15 is 0 Å². The van der Waals surface area contributed by atoms with Crippen molar-refractivity contribution in [1.29, 1.82) is 0 Å². The van der Waals surface area contributed by atoms with Gasteiger partial charge in [-0.15, -0.1) is 0 Å². The first kappa shape index (κ1) is 17.5. The van der Waals surface area contributed by atoms with E-state index in [9.17, 15) is 9.59 Å². The molecule has 140 valence electrons. The first-order valence-electron chi connectivity index (χ1n) is 9.26. The molecule has 1 aromatic carbocycles. The first-order chi connectivity index (χ1) is 13.1. The molecule has 2 fully saturated rings. The van der Waals surface area contributed by atoms with Crippen molar-refractivity contribution in [1.82, 2.24) is 10.3 Å². The summed E-state index contributed by atoms with van der Waals surface area (Å²) < 4.78 is 4.71. The number of hydrogen-bond donors (Lipinski definition) is 1. The fourth-order valence-electron chi connectivity index (χ4n) is 4.14. The molecule has 2 aliphatic rings. The molecule has 0 bridgehead atoms. The van der Waals surface area contributed by atoms with E-state index in [1.807, 2.05) is 36.4 Å². The average molecular weight is 365 g/mol. The van der Waals surface area contributed by atoms with Crippen LogP contribution in [0, 0.1) is 0 Å². The molecular formula is C21H23N3O3. The van der Waals surface area contributed by atoms with Gasteiger partial charge in [0.05, 0.1) is 18.6 Å². The maximum absolute atomic E-state index is 12.5. The van der Waals surface area contributed by atoms with Crippen LogP contribution in [0.2, 0.25) is 0 Å². The van der Waals surface area contributed by atoms with Gasteiger partial charge >= 0.3 is 5.97 Å². The largest absolute Gasteiger partial charge is 0.465 e. The fourth-order valence-corrected chi connectivity index (χ4v) is 4.14. The second-order valence-electron chi connectivity index (χ2n) is 7.32. The highest BCUT2D eigenvalue weighted by Crippen LogP contribution is 2.39. The molecule has 2 aliphatic heterocycles. The zero-order valence-electron chi connectivity index (χ0n) is 15.4. The van der Waals surface area contributed by atoms with Gasteiger partial charge in [0.2, 0.25) is 5.91 Å². The normalized spacial score (nSPS) is 21.1. The minimum Gasteiger partial charge on any atom is -0.465 e. The van der Waals surface area contributed by atoms with Gasteiger partial charge in [0.1, 0.15) is 5.82 Å². The molecular weight excluding hydrogens is 342 g/mol. The molecule has 6 nitrogen and oxygen atoms in total. The highest BCUT2D eigenvalue weighted by Gasteiger charge is 2.46. The van der Waals surface area contributed by atoms with E-state index in [2.05, 4.69) is 15.2 Å². The molecule has 27 heavy (non-hydrogen) atoms. The molecule has 4 rings (SSSR count). The van der Waals surface area contributed by atoms with Crippen molar-refractivity contribution >= 4 is 17.7 Å². The van der Waals surface area contributed by atoms with Gasteiger partial charge in [-0.3, -0.25) is 4.79 Å². The van der Waals surface area contributed by atoms with E-state index < -0.39 is 0 Å². The van der Waals surface area contributed by atoms with E-state index in [1.165, 1.54) is 7.11 Å². The van der Waals surface area contributed by atoms with Gasteiger partial charge in [-0.1, -0.05) is 30.3 Å². The Morgan fingerprint density at radius 3 is 2.56 bits per heavy atom. The summed E-state index contributed by atoms with van der Waals surface area (Å²) in [5.41, 5.74) is 1.41. The Morgan fingerprint density at radius 1 is 1.19 bits per heavy atom. The van der Waals surface area contributed by atoms with Crippen molar-refractivity contribution in [2.45, 2.75) is 30.7 Å². The summed E-state index contributed by atoms with van der Waals surface area (Å²) in [6, 6.07) is 13.6. The number of carbonyl (C=O) groups excluding carboxylic acids is 2. The van der Waals surface area contributed by atoms with Crippen LogP contribution < -0.4 is 10.2 Å². The van der Waals surface area contributed by atoms with E-state index in [-0.39, 0.29) is 23.3 Å². The molecule has 0 aliphatic carbocycles. The van der Waals surface area contributed by atoms with Crippen LogP contribution in [-0.4, -0.2) is 42.6 Å². The van der Waals surface area contributed by atoms with E-state index in [4.69, 9.17) is 4.74 Å². The molecule has 1 N–H and O–H groups in total. The van der Waals surface area contributed by atoms with Crippen molar-refractivity contribution in [3.8, 4) is 0 Å². The molecule has 1 amide bonds. The first-order valence-corrected chi connectivity index (χ1v) is 9.26. The topological polar surface area (TPSA) is 71.5 Å². The lowest BCUT2D eigenvalue weighted by molar-refractivity contribution is -0.121. The number of piperidine rings is 1. The van der Waals surface area contributed by atoms with Gasteiger partial charge < -0.3 is 15.0 Å². The van der Waals surface area contributed by atoms with E-state index in [1.54, 1.807) is 12.3 Å². The number of esters is 1. The molecule has 6 heteroatoms. The van der Waals surface area contributed by atoms with Crippen molar-refractivity contribution < 1.29 is 14.3 Å². The van der Waals surface area contributed by atoms with Gasteiger partial charge in [0, 0.05) is 24.8 Å². The summed E-state index contributed by atoms with van der Waals surface area (Å²) in [5, 5.41) is 3.27. The van der Waals surface area contributed by atoms with Gasteiger partial charge in [-0.2, -0.15) is 0 Å². The molecule has 1 spiro atoms. The highest BCUT2D eigenvalue weighted by molar-refractivity contribution is 5.89. The number of amides is 1. The molecule has 2 aromatic rings. The van der Waals surface area contributed by atoms with Gasteiger partial charge in [-0.25, -0.2) is 9.78 Å². The lowest BCUT2D eigenvalue weighted by Crippen LogP contribution is -2.51. The second-order valence-corrected chi connectivity index (χ2v) is 7.32. The Kier molecular flexibility index (Phi) is 4.56. The number of hydrogen-bond acceptors (Lipinski definition) is 5. The predicted octanol–water partition coefficient (Wildman–Crippen LogP) is 2.51. The Balaban J connectivity index is 1.42. The van der Waals surface area contributed by atoms with Crippen molar-refractivity contribution in [3.05, 3.63) is 59.8 Å². The van der Waals surface area contributed by atoms with E-state index in [0.717, 1.165) is 43.7 Å². The third-order valence-electron chi connectivity index (χ3n) is 5.72. The standard InChI is InChI=1S/C21H23N3O3/c1-27-20(26)16-7-8-18(22-14-16)24-11-9-21(10-12-24)13-17(19(25)23-21)15-5-3-2-4-6-15/h2-8,14,17H,9-13H2,1H3,(H,23,25). The maximum Gasteiger partial charge on any atom is 0.339 e. The predicted molar refractivity (Wildman–Crippen MR) is 102 cm³/mol. The summed E-state index contributed by atoms with van der Waals surface area (Å²) in [6.45, 7) is 1.65. The summed E-state index contributed by atoms with van der Waals surface area (Å²) in [6.07, 6.45) is 4.18. The van der Waals surface area contributed by atoms with Crippen molar-refractivity contribution in [2.75, 3.05) is 25.1 Å². The Morgan fingerprint density at radius 2 is 1.93 bits per heavy atom. The number of nitrogens with one attached hydrogen (secondary N) is 1. The third-order valence-corrected chi connectivity index (χ3v) is 5.72. The summed E-state index contributed by atoms with van der Waals surface area (Å²) in [7, 11) is 1.36. The summed E-state index contributed by atoms with van der Waals surface area (Å²) in [4.78, 5) is 30.7. The Labute approximate surface area is 158 Å². The van der Waals surface area contributed by atoms with Crippen LogP contribution in [0.4, 0.5) is 5.82 Å². The quantitative estimate of drug-likeness (QED) is 0.847. The second kappa shape index (κ2) is 7.02. The van der Waals surface area contributed by atoms with Crippen LogP contribution in [0.1, 0.15) is 41.1 Å². The zero-order valence-corrected chi connectivity index (χ0v) is 15.4. The minimum absolute atomic E-state index is 0.0600. The smallest absolute Gasteiger partial charge is 0.339 e. The third kappa shape index (κ3) is 3.39. The number of aromatic nitrogens is 1. The highest BCUT2D eigenvalue weighted by atomic mass is 16.5. The SMILES string of the molecule is COC(=O)c1ccc(N2CCC3(CC2)CC(c2ccccc2)C(=O)N3)nc1. The monoisotopic (exact) mass is 365 g/mol. The van der Waals surface area contributed by atoms with Gasteiger partial charge in [0.15, 0.2) is 0 Å². The number of methoxy groups -OCH3 is 1. The lowest BCUT2D eigenvalue weighted by Gasteiger charge is -2.39. The van der Waals surface area contributed by atoms with Gasteiger partial charge in [-0.05, 0) is 37.0 Å². The number of ether oxygens (including phenoxy) is 1. The Bertz CT molecular complexity index is 828. The van der Waals surface area contributed by atoms with Crippen LogP contribution in [-0.2, 0) is 9.53 Å². The summed E-state index contributed by atoms with van der Waals surface area (Å²) >= 11 is 0. The van der Waals surface area contributed by atoms with Gasteiger partial charge in [0.25, 0.3) is 0 Å². The molecule has 0 radical (unpaired) electrons. The molecule has 3 heterocycles. The maximum atomic E-state index is 12.5. The number of anilines is 1. The molecule has 1 unspecified atom stereocenters. The molecule has 0 saturated carbocycles. The van der Waals surface area contributed by atoms with Crippen LogP contribution in [0.3, 0.4) is 0 Å². The van der Waals surface area contributed by atoms with Crippen LogP contribution in [0.5, 0.6) is 0 Å². The fraction of sp³-hybridized carbons (Fsp3) is 0.381. The number of pyridine rings is 1. The van der Waals surface area contributed by atoms with Crippen LogP contribution in [0.25, 0.3) is 0 Å². The lowest BCUT2D eigenvalue weighted by atomic mass is 9.82. The number of benzene rings is 1. The van der Waals surface area contributed by atoms with E-state index in [0.29, 0.717) is 5.56 Å².